The van der Waals surface area contributed by atoms with Crippen molar-refractivity contribution in [1.82, 2.24) is 9.88 Å². The normalized spacial score (nSPS) is 13.3. The Labute approximate surface area is 127 Å². The Hall–Kier alpha value is -2.29. The molecule has 0 saturated heterocycles. The summed E-state index contributed by atoms with van der Waals surface area (Å²) in [5.74, 6) is 0.833. The quantitative estimate of drug-likeness (QED) is 0.842. The van der Waals surface area contributed by atoms with E-state index in [0.29, 0.717) is 0 Å². The number of allylic oxidation sites excluding steroid dienone is 4. The monoisotopic (exact) mass is 283 g/mol. The maximum absolute atomic E-state index is 4.27. The van der Waals surface area contributed by atoms with Crippen molar-refractivity contribution in [3.05, 3.63) is 58.4 Å². The zero-order chi connectivity index (χ0) is 16.0. The molecule has 1 aromatic heterocycles. The van der Waals surface area contributed by atoms with E-state index in [0.717, 1.165) is 33.2 Å². The molecule has 0 aromatic carbocycles. The van der Waals surface area contributed by atoms with Gasteiger partial charge in [0.1, 0.15) is 5.82 Å². The lowest BCUT2D eigenvalue weighted by atomic mass is 10.1. The SMILES string of the molecule is C=C(C)N(C)/C(=C\C)C(=CC)/C=c1/cc(NC)ncc1=C. The summed E-state index contributed by atoms with van der Waals surface area (Å²) in [6, 6.07) is 2.00. The molecule has 0 aliphatic heterocycles. The molecule has 0 fully saturated rings. The van der Waals surface area contributed by atoms with Gasteiger partial charge in [0.15, 0.2) is 0 Å². The Balaban J connectivity index is 3.40. The molecule has 112 valence electrons. The number of pyridine rings is 1. The molecule has 0 spiro atoms. The van der Waals surface area contributed by atoms with Crippen LogP contribution in [0.4, 0.5) is 5.82 Å². The van der Waals surface area contributed by atoms with Crippen molar-refractivity contribution >= 4 is 18.5 Å². The van der Waals surface area contributed by atoms with Gasteiger partial charge in [-0.05, 0) is 48.9 Å². The van der Waals surface area contributed by atoms with Crippen molar-refractivity contribution in [3.8, 4) is 0 Å². The maximum atomic E-state index is 4.27. The molecule has 0 atom stereocenters. The summed E-state index contributed by atoms with van der Waals surface area (Å²) in [5.41, 5.74) is 3.24. The molecule has 0 saturated carbocycles. The van der Waals surface area contributed by atoms with Crippen molar-refractivity contribution in [2.45, 2.75) is 20.8 Å². The molecule has 0 aliphatic carbocycles. The van der Waals surface area contributed by atoms with E-state index in [1.165, 1.54) is 0 Å². The number of hydrogen-bond donors (Lipinski definition) is 1. The second-order valence-electron chi connectivity index (χ2n) is 4.87. The van der Waals surface area contributed by atoms with Crippen LogP contribution in [-0.4, -0.2) is 24.0 Å². The van der Waals surface area contributed by atoms with Gasteiger partial charge in [0.05, 0.1) is 0 Å². The average Bonchev–Trinajstić information content (AvgIpc) is 2.48. The smallest absolute Gasteiger partial charge is 0.126 e. The zero-order valence-electron chi connectivity index (χ0n) is 13.7. The van der Waals surface area contributed by atoms with Crippen molar-refractivity contribution in [3.63, 3.8) is 0 Å². The minimum Gasteiger partial charge on any atom is -0.373 e. The van der Waals surface area contributed by atoms with Crippen molar-refractivity contribution < 1.29 is 0 Å². The fourth-order valence-electron chi connectivity index (χ4n) is 2.00. The second kappa shape index (κ2) is 7.48. The number of likely N-dealkylation sites (N-methyl/N-ethyl adjacent to an activating group) is 1. The third-order valence-corrected chi connectivity index (χ3v) is 3.40. The van der Waals surface area contributed by atoms with Gasteiger partial charge in [-0.3, -0.25) is 0 Å². The highest BCUT2D eigenvalue weighted by molar-refractivity contribution is 5.58. The minimum atomic E-state index is 0.833. The first-order valence-corrected chi connectivity index (χ1v) is 7.01. The average molecular weight is 283 g/mol. The molecule has 3 nitrogen and oxygen atoms in total. The van der Waals surface area contributed by atoms with Gasteiger partial charge in [0, 0.05) is 31.7 Å². The highest BCUT2D eigenvalue weighted by atomic mass is 15.1. The van der Waals surface area contributed by atoms with Gasteiger partial charge in [-0.25, -0.2) is 4.98 Å². The van der Waals surface area contributed by atoms with E-state index >= 15 is 0 Å². The maximum Gasteiger partial charge on any atom is 0.126 e. The minimum absolute atomic E-state index is 0.833. The summed E-state index contributed by atoms with van der Waals surface area (Å²) in [7, 11) is 3.88. The van der Waals surface area contributed by atoms with Gasteiger partial charge in [-0.15, -0.1) is 0 Å². The Morgan fingerprint density at radius 3 is 2.48 bits per heavy atom. The Morgan fingerprint density at radius 2 is 2.00 bits per heavy atom. The number of rotatable bonds is 5. The highest BCUT2D eigenvalue weighted by Crippen LogP contribution is 2.18. The fourth-order valence-corrected chi connectivity index (χ4v) is 2.00. The van der Waals surface area contributed by atoms with Crippen LogP contribution in [0.2, 0.25) is 0 Å². The van der Waals surface area contributed by atoms with Crippen LogP contribution in [0.5, 0.6) is 0 Å². The predicted molar refractivity (Wildman–Crippen MR) is 93.1 cm³/mol. The summed E-state index contributed by atoms with van der Waals surface area (Å²) in [4.78, 5) is 6.34. The molecule has 0 bridgehead atoms. The van der Waals surface area contributed by atoms with Gasteiger partial charge in [-0.2, -0.15) is 0 Å². The van der Waals surface area contributed by atoms with E-state index in [1.807, 2.05) is 40.9 Å². The topological polar surface area (TPSA) is 28.2 Å². The summed E-state index contributed by atoms with van der Waals surface area (Å²) < 4.78 is 0. The molecule has 3 heteroatoms. The van der Waals surface area contributed by atoms with Crippen LogP contribution in [0.15, 0.2) is 48.0 Å². The lowest BCUT2D eigenvalue weighted by Crippen LogP contribution is -2.25. The van der Waals surface area contributed by atoms with E-state index < -0.39 is 0 Å². The fraction of sp³-hybridized carbons (Fsp3) is 0.278. The van der Waals surface area contributed by atoms with Crippen LogP contribution in [0.25, 0.3) is 12.7 Å². The number of nitrogens with one attached hydrogen (secondary N) is 1. The van der Waals surface area contributed by atoms with Crippen LogP contribution in [0, 0.1) is 0 Å². The zero-order valence-corrected chi connectivity index (χ0v) is 13.7. The molecule has 1 rings (SSSR count). The molecular formula is C18H25N3. The predicted octanol–water partition coefficient (Wildman–Crippen LogP) is 2.63. The standard InChI is InChI=1S/C18H25N3/c1-8-15(17(9-2)21(7)13(3)4)10-16-11-18(19-6)20-12-14(16)5/h8-12,19H,3,5H2,1-2,4,6-7H3/b15-8?,16-10-,17-9-. The third-order valence-electron chi connectivity index (χ3n) is 3.40. The largest absolute Gasteiger partial charge is 0.373 e. The molecule has 1 N–H and O–H groups in total. The molecule has 0 amide bonds. The van der Waals surface area contributed by atoms with Gasteiger partial charge < -0.3 is 10.2 Å². The highest BCUT2D eigenvalue weighted by Gasteiger charge is 2.07. The summed E-state index contributed by atoms with van der Waals surface area (Å²) in [6.45, 7) is 14.1. The Morgan fingerprint density at radius 1 is 1.33 bits per heavy atom. The number of hydrogen-bond acceptors (Lipinski definition) is 3. The van der Waals surface area contributed by atoms with Crippen LogP contribution in [0.3, 0.4) is 0 Å². The first-order valence-electron chi connectivity index (χ1n) is 7.01. The van der Waals surface area contributed by atoms with Gasteiger partial charge in [-0.1, -0.05) is 25.3 Å². The van der Waals surface area contributed by atoms with Crippen molar-refractivity contribution in [2.24, 2.45) is 0 Å². The molecule has 21 heavy (non-hydrogen) atoms. The first-order chi connectivity index (χ1) is 9.94. The van der Waals surface area contributed by atoms with E-state index in [9.17, 15) is 0 Å². The molecule has 0 unspecified atom stereocenters. The lowest BCUT2D eigenvalue weighted by Gasteiger charge is -2.23. The van der Waals surface area contributed by atoms with Crippen molar-refractivity contribution in [2.75, 3.05) is 19.4 Å². The second-order valence-corrected chi connectivity index (χ2v) is 4.87. The summed E-state index contributed by atoms with van der Waals surface area (Å²) >= 11 is 0. The van der Waals surface area contributed by atoms with E-state index in [1.54, 1.807) is 6.20 Å². The molecule has 0 radical (unpaired) electrons. The van der Waals surface area contributed by atoms with E-state index in [2.05, 4.69) is 46.6 Å². The van der Waals surface area contributed by atoms with Crippen LogP contribution in [-0.2, 0) is 0 Å². The summed E-state index contributed by atoms with van der Waals surface area (Å²) in [6.07, 6.45) is 8.08. The Kier molecular flexibility index (Phi) is 5.97. The molecule has 0 aliphatic rings. The van der Waals surface area contributed by atoms with Crippen LogP contribution in [0.1, 0.15) is 20.8 Å². The third kappa shape index (κ3) is 4.09. The van der Waals surface area contributed by atoms with Gasteiger partial charge in [0.25, 0.3) is 0 Å². The van der Waals surface area contributed by atoms with Crippen LogP contribution >= 0.6 is 0 Å². The first kappa shape index (κ1) is 16.8. The van der Waals surface area contributed by atoms with E-state index in [4.69, 9.17) is 0 Å². The molecule has 1 heterocycles. The number of anilines is 1. The molecule has 1 aromatic rings. The number of aromatic nitrogens is 1. The summed E-state index contributed by atoms with van der Waals surface area (Å²) in [5, 5.41) is 5.01. The Bertz CT molecular complexity index is 681. The lowest BCUT2D eigenvalue weighted by molar-refractivity contribution is 0.534. The number of nitrogens with zero attached hydrogens (tertiary/aromatic N) is 2. The molecular weight excluding hydrogens is 258 g/mol. The van der Waals surface area contributed by atoms with Gasteiger partial charge in [0.2, 0.25) is 0 Å². The van der Waals surface area contributed by atoms with Crippen molar-refractivity contribution in [1.29, 1.82) is 0 Å². The van der Waals surface area contributed by atoms with Crippen LogP contribution < -0.4 is 15.8 Å². The van der Waals surface area contributed by atoms with E-state index in [-0.39, 0.29) is 0 Å². The van der Waals surface area contributed by atoms with Gasteiger partial charge >= 0.3 is 0 Å².